The molecule has 1 atom stereocenters. The molecule has 3 rings (SSSR count). The number of rotatable bonds is 7. The van der Waals surface area contributed by atoms with Crippen LogP contribution in [-0.4, -0.2) is 19.4 Å². The Morgan fingerprint density at radius 3 is 2.77 bits per heavy atom. The van der Waals surface area contributed by atoms with Crippen molar-refractivity contribution in [3.05, 3.63) is 50.8 Å². The average molecular weight is 501 g/mol. The Labute approximate surface area is 197 Å². The van der Waals surface area contributed by atoms with E-state index in [0.29, 0.717) is 30.6 Å². The van der Waals surface area contributed by atoms with Gasteiger partial charge in [-0.05, 0) is 76.7 Å². The molecule has 0 unspecified atom stereocenters. The number of hydrogen-bond acceptors (Lipinski definition) is 5. The Bertz CT molecular complexity index is 1030. The second kappa shape index (κ2) is 10.0. The maximum absolute atomic E-state index is 9.79. The molecule has 1 aromatic carbocycles. The summed E-state index contributed by atoms with van der Waals surface area (Å²) in [4.78, 5) is 6.03. The zero-order chi connectivity index (χ0) is 22.6. The summed E-state index contributed by atoms with van der Waals surface area (Å²) in [6.07, 6.45) is 6.61. The van der Waals surface area contributed by atoms with Gasteiger partial charge in [-0.2, -0.15) is 5.26 Å². The van der Waals surface area contributed by atoms with E-state index in [1.165, 1.54) is 10.4 Å². The topological polar surface area (TPSA) is 54.6 Å². The van der Waals surface area contributed by atoms with Crippen molar-refractivity contribution in [2.45, 2.75) is 47.0 Å². The zero-order valence-corrected chi connectivity index (χ0v) is 21.0. The van der Waals surface area contributed by atoms with Crippen LogP contribution in [0, 0.1) is 22.7 Å². The minimum Gasteiger partial charge on any atom is -0.490 e. The van der Waals surface area contributed by atoms with Gasteiger partial charge in [-0.25, -0.2) is 4.99 Å². The molecule has 164 valence electrons. The molecular formula is C25H29BrN2O2S. The van der Waals surface area contributed by atoms with Gasteiger partial charge in [0.25, 0.3) is 0 Å². The number of aliphatic imine (C=N–C) groups is 1. The summed E-state index contributed by atoms with van der Waals surface area (Å²) in [5, 5.41) is 10.6. The lowest BCUT2D eigenvalue weighted by atomic mass is 9.72. The smallest absolute Gasteiger partial charge is 0.175 e. The van der Waals surface area contributed by atoms with Crippen molar-refractivity contribution in [3.63, 3.8) is 0 Å². The van der Waals surface area contributed by atoms with Gasteiger partial charge in [0.2, 0.25) is 0 Å². The van der Waals surface area contributed by atoms with Gasteiger partial charge in [0.1, 0.15) is 17.7 Å². The van der Waals surface area contributed by atoms with Crippen LogP contribution >= 0.6 is 27.3 Å². The first-order valence-corrected chi connectivity index (χ1v) is 12.2. The van der Waals surface area contributed by atoms with E-state index in [4.69, 9.17) is 14.5 Å². The molecule has 6 heteroatoms. The molecule has 2 aromatic rings. The fourth-order valence-electron chi connectivity index (χ4n) is 3.86. The largest absolute Gasteiger partial charge is 0.490 e. The third kappa shape index (κ3) is 5.39. The van der Waals surface area contributed by atoms with Crippen LogP contribution in [0.3, 0.4) is 0 Å². The molecule has 1 aliphatic rings. The molecule has 31 heavy (non-hydrogen) atoms. The molecular weight excluding hydrogens is 472 g/mol. The lowest BCUT2D eigenvalue weighted by Gasteiger charge is -2.33. The molecule has 0 fully saturated rings. The van der Waals surface area contributed by atoms with Crippen LogP contribution in [0.2, 0.25) is 0 Å². The van der Waals surface area contributed by atoms with Crippen LogP contribution in [-0.2, 0) is 12.8 Å². The fraction of sp³-hybridized carbons (Fsp3) is 0.440. The summed E-state index contributed by atoms with van der Waals surface area (Å²) in [6, 6.07) is 6.25. The summed E-state index contributed by atoms with van der Waals surface area (Å²) in [6.45, 7) is 13.5. The summed E-state index contributed by atoms with van der Waals surface area (Å²) < 4.78 is 12.3. The SMILES string of the molecule is C=CCOc1c(Br)cc(C=Nc2sc3c(c2C#N)CC[C@@H](C(C)(C)C)C3)cc1OCC. The minimum absolute atomic E-state index is 0.273. The highest BCUT2D eigenvalue weighted by atomic mass is 79.9. The highest BCUT2D eigenvalue weighted by Gasteiger charge is 2.32. The maximum Gasteiger partial charge on any atom is 0.175 e. The molecule has 0 bridgehead atoms. The Kier molecular flexibility index (Phi) is 7.61. The normalized spacial score (nSPS) is 16.1. The lowest BCUT2D eigenvalue weighted by molar-refractivity contribution is 0.218. The van der Waals surface area contributed by atoms with Gasteiger partial charge in [0, 0.05) is 11.1 Å². The van der Waals surface area contributed by atoms with E-state index in [9.17, 15) is 5.26 Å². The number of nitriles is 1. The number of ether oxygens (including phenoxy) is 2. The minimum atomic E-state index is 0.273. The molecule has 1 aliphatic carbocycles. The molecule has 1 aromatic heterocycles. The number of hydrogen-bond donors (Lipinski definition) is 0. The van der Waals surface area contributed by atoms with Gasteiger partial charge in [-0.15, -0.1) is 11.3 Å². The molecule has 1 heterocycles. The zero-order valence-electron chi connectivity index (χ0n) is 18.6. The van der Waals surface area contributed by atoms with Crippen LogP contribution in [0.5, 0.6) is 11.5 Å². The van der Waals surface area contributed by atoms with Crippen LogP contribution in [0.1, 0.15) is 55.7 Å². The summed E-state index contributed by atoms with van der Waals surface area (Å²) in [5.74, 6) is 1.94. The van der Waals surface area contributed by atoms with Gasteiger partial charge in [0.15, 0.2) is 11.5 Å². The van der Waals surface area contributed by atoms with E-state index in [2.05, 4.69) is 49.3 Å². The average Bonchev–Trinajstić information content (AvgIpc) is 3.08. The van der Waals surface area contributed by atoms with Crippen molar-refractivity contribution in [1.29, 1.82) is 5.26 Å². The van der Waals surface area contributed by atoms with Crippen molar-refractivity contribution < 1.29 is 9.47 Å². The van der Waals surface area contributed by atoms with E-state index in [1.807, 2.05) is 19.1 Å². The van der Waals surface area contributed by atoms with E-state index < -0.39 is 0 Å². The molecule has 0 saturated carbocycles. The third-order valence-electron chi connectivity index (χ3n) is 5.59. The second-order valence-corrected chi connectivity index (χ2v) is 10.7. The second-order valence-electron chi connectivity index (χ2n) is 8.72. The lowest BCUT2D eigenvalue weighted by Crippen LogP contribution is -2.26. The highest BCUT2D eigenvalue weighted by molar-refractivity contribution is 9.10. The van der Waals surface area contributed by atoms with Crippen LogP contribution in [0.15, 0.2) is 34.3 Å². The number of nitrogens with zero attached hydrogens (tertiary/aromatic N) is 2. The molecule has 0 aliphatic heterocycles. The highest BCUT2D eigenvalue weighted by Crippen LogP contribution is 2.45. The molecule has 0 saturated heterocycles. The number of benzene rings is 1. The Morgan fingerprint density at radius 1 is 1.35 bits per heavy atom. The van der Waals surface area contributed by atoms with Gasteiger partial charge in [-0.3, -0.25) is 0 Å². The first-order valence-electron chi connectivity index (χ1n) is 10.6. The number of halogens is 1. The van der Waals surface area contributed by atoms with Crippen molar-refractivity contribution in [2.75, 3.05) is 13.2 Å². The molecule has 0 N–H and O–H groups in total. The van der Waals surface area contributed by atoms with Crippen LogP contribution < -0.4 is 9.47 Å². The van der Waals surface area contributed by atoms with Gasteiger partial charge in [-0.1, -0.05) is 33.4 Å². The molecule has 0 amide bonds. The van der Waals surface area contributed by atoms with Crippen molar-refractivity contribution in [3.8, 4) is 17.6 Å². The third-order valence-corrected chi connectivity index (χ3v) is 7.34. The molecule has 0 radical (unpaired) electrons. The standard InChI is InChI=1S/C25H29BrN2O2S/c1-6-10-30-23-20(26)11-16(12-21(23)29-7-2)15-28-24-19(14-27)18-9-8-17(25(3,4)5)13-22(18)31-24/h6,11-12,15,17H,1,7-10,13H2,2-5H3/t17-/m1/s1. The molecule has 0 spiro atoms. The van der Waals surface area contributed by atoms with Crippen molar-refractivity contribution in [2.24, 2.45) is 16.3 Å². The van der Waals surface area contributed by atoms with Crippen LogP contribution in [0.4, 0.5) is 5.00 Å². The Hall–Kier alpha value is -2.10. The number of fused-ring (bicyclic) bond motifs is 1. The van der Waals surface area contributed by atoms with Crippen molar-refractivity contribution >= 4 is 38.5 Å². The quantitative estimate of drug-likeness (QED) is 0.297. The Balaban J connectivity index is 1.91. The predicted octanol–water partition coefficient (Wildman–Crippen LogP) is 7.25. The maximum atomic E-state index is 9.79. The van der Waals surface area contributed by atoms with E-state index >= 15 is 0 Å². The summed E-state index contributed by atoms with van der Waals surface area (Å²) >= 11 is 5.23. The first kappa shape index (κ1) is 23.6. The van der Waals surface area contributed by atoms with E-state index in [-0.39, 0.29) is 5.41 Å². The number of thiophene rings is 1. The van der Waals surface area contributed by atoms with E-state index in [0.717, 1.165) is 39.9 Å². The van der Waals surface area contributed by atoms with Gasteiger partial charge < -0.3 is 9.47 Å². The Morgan fingerprint density at radius 2 is 2.13 bits per heavy atom. The van der Waals surface area contributed by atoms with Crippen LogP contribution in [0.25, 0.3) is 0 Å². The summed E-state index contributed by atoms with van der Waals surface area (Å²) in [7, 11) is 0. The van der Waals surface area contributed by atoms with E-state index in [1.54, 1.807) is 23.6 Å². The fourth-order valence-corrected chi connectivity index (χ4v) is 5.65. The van der Waals surface area contributed by atoms with Crippen molar-refractivity contribution in [1.82, 2.24) is 0 Å². The molecule has 4 nitrogen and oxygen atoms in total. The predicted molar refractivity (Wildman–Crippen MR) is 132 cm³/mol. The van der Waals surface area contributed by atoms with Gasteiger partial charge >= 0.3 is 0 Å². The monoisotopic (exact) mass is 500 g/mol. The summed E-state index contributed by atoms with van der Waals surface area (Å²) in [5.41, 5.74) is 3.09. The first-order chi connectivity index (χ1) is 14.8. The van der Waals surface area contributed by atoms with Gasteiger partial charge in [0.05, 0.1) is 16.6 Å².